The minimum Gasteiger partial charge on any atom is -0.393 e. The second-order valence-corrected chi connectivity index (χ2v) is 10.7. The lowest BCUT2D eigenvalue weighted by atomic mass is 9.90. The van der Waals surface area contributed by atoms with Crippen LogP contribution in [0.5, 0.6) is 0 Å². The molecule has 1 saturated carbocycles. The van der Waals surface area contributed by atoms with Crippen LogP contribution in [0.3, 0.4) is 0 Å². The van der Waals surface area contributed by atoms with Crippen molar-refractivity contribution in [2.24, 2.45) is 0 Å². The molecule has 0 radical (unpaired) electrons. The van der Waals surface area contributed by atoms with Gasteiger partial charge in [0.1, 0.15) is 0 Å². The van der Waals surface area contributed by atoms with E-state index in [0.717, 1.165) is 51.9 Å². The molecule has 0 atom stereocenters. The summed E-state index contributed by atoms with van der Waals surface area (Å²) >= 11 is 0. The Labute approximate surface area is 245 Å². The fourth-order valence-electron chi connectivity index (χ4n) is 4.05. The van der Waals surface area contributed by atoms with Crippen LogP contribution in [0.25, 0.3) is 22.3 Å². The quantitative estimate of drug-likeness (QED) is 0.262. The maximum atomic E-state index is 11.6. The van der Waals surface area contributed by atoms with Gasteiger partial charge in [-0.05, 0) is 67.6 Å². The molecule has 0 bridgehead atoms. The predicted octanol–water partition coefficient (Wildman–Crippen LogP) is 10.2. The third-order valence-corrected chi connectivity index (χ3v) is 6.12. The van der Waals surface area contributed by atoms with Gasteiger partial charge in [-0.2, -0.15) is 0 Å². The Morgan fingerprint density at radius 1 is 0.925 bits per heavy atom. The summed E-state index contributed by atoms with van der Waals surface area (Å²) in [6.07, 6.45) is 12.8. The van der Waals surface area contributed by atoms with Crippen molar-refractivity contribution in [2.75, 3.05) is 0 Å². The van der Waals surface area contributed by atoms with Crippen LogP contribution in [0.1, 0.15) is 116 Å². The monoisotopic (exact) mass is 546 g/mol. The first kappa shape index (κ1) is 36.9. The van der Waals surface area contributed by atoms with Crippen LogP contribution < -0.4 is 0 Å². The van der Waals surface area contributed by atoms with Gasteiger partial charge in [0.05, 0.1) is 6.10 Å². The van der Waals surface area contributed by atoms with Gasteiger partial charge in [-0.15, -0.1) is 13.2 Å². The number of nitrogens with zero attached hydrogens (tertiary/aromatic N) is 2. The van der Waals surface area contributed by atoms with Crippen LogP contribution in [0.4, 0.5) is 0 Å². The summed E-state index contributed by atoms with van der Waals surface area (Å²) in [7, 11) is 0. The highest BCUT2D eigenvalue weighted by molar-refractivity contribution is 5.95. The zero-order chi connectivity index (χ0) is 30.7. The van der Waals surface area contributed by atoms with Crippen molar-refractivity contribution in [2.45, 2.75) is 112 Å². The Balaban J connectivity index is 0.000000904. The second-order valence-electron chi connectivity index (χ2n) is 10.7. The zero-order valence-electron chi connectivity index (χ0n) is 26.7. The van der Waals surface area contributed by atoms with Crippen LogP contribution in [-0.4, -0.2) is 27.0 Å². The molecule has 0 aliphatic heterocycles. The molecule has 1 aromatic carbocycles. The van der Waals surface area contributed by atoms with Crippen LogP contribution in [0.15, 0.2) is 68.1 Å². The van der Waals surface area contributed by atoms with Gasteiger partial charge in [-0.25, -0.2) is 0 Å². The van der Waals surface area contributed by atoms with E-state index in [0.29, 0.717) is 0 Å². The summed E-state index contributed by atoms with van der Waals surface area (Å²) < 4.78 is 0. The Hall–Kier alpha value is -3.11. The van der Waals surface area contributed by atoms with Gasteiger partial charge in [-0.1, -0.05) is 86.3 Å². The van der Waals surface area contributed by atoms with Crippen molar-refractivity contribution >= 4 is 5.78 Å². The summed E-state index contributed by atoms with van der Waals surface area (Å²) in [4.78, 5) is 20.5. The topological polar surface area (TPSA) is 63.1 Å². The van der Waals surface area contributed by atoms with Crippen molar-refractivity contribution < 1.29 is 9.90 Å². The number of aryl methyl sites for hydroxylation is 1. The maximum absolute atomic E-state index is 11.6. The fourth-order valence-corrected chi connectivity index (χ4v) is 4.05. The molecule has 4 rings (SSSR count). The molecule has 2 aromatic heterocycles. The smallest absolute Gasteiger partial charge is 0.159 e. The Morgan fingerprint density at radius 2 is 1.50 bits per heavy atom. The first-order valence-corrected chi connectivity index (χ1v) is 14.8. The molecule has 1 aliphatic rings. The van der Waals surface area contributed by atoms with E-state index >= 15 is 0 Å². The lowest BCUT2D eigenvalue weighted by Gasteiger charge is -2.18. The summed E-state index contributed by atoms with van der Waals surface area (Å²) in [6.45, 7) is 24.3. The van der Waals surface area contributed by atoms with Crippen LogP contribution in [0, 0.1) is 6.92 Å². The molecular weight excluding hydrogens is 492 g/mol. The third-order valence-electron chi connectivity index (χ3n) is 6.12. The van der Waals surface area contributed by atoms with Gasteiger partial charge in [0.25, 0.3) is 0 Å². The molecule has 40 heavy (non-hydrogen) atoms. The van der Waals surface area contributed by atoms with E-state index in [4.69, 9.17) is 5.11 Å². The minimum atomic E-state index is 0.000157. The highest BCUT2D eigenvalue weighted by Gasteiger charge is 2.16. The number of Topliss-reactive ketones (excluding diaryl/α,β-unsaturated/α-hetero) is 1. The van der Waals surface area contributed by atoms with E-state index in [-0.39, 0.29) is 17.3 Å². The van der Waals surface area contributed by atoms with E-state index in [1.54, 1.807) is 6.92 Å². The van der Waals surface area contributed by atoms with Crippen molar-refractivity contribution in [3.63, 3.8) is 0 Å². The number of rotatable bonds is 3. The number of pyridine rings is 2. The van der Waals surface area contributed by atoms with Gasteiger partial charge in [0.15, 0.2) is 5.78 Å². The number of hydrogen-bond donors (Lipinski definition) is 1. The first-order valence-electron chi connectivity index (χ1n) is 14.8. The van der Waals surface area contributed by atoms with Crippen molar-refractivity contribution in [3.05, 3.63) is 85.0 Å². The molecule has 1 aliphatic carbocycles. The van der Waals surface area contributed by atoms with E-state index in [1.807, 2.05) is 63.6 Å². The standard InChI is InChI=1S/C23H24N2O.C6H12O.C3H8.C2H6.C2H4/c1-15-10-17(16(2)26)6-7-21(15)20-11-19(13-24-14-20)18-8-9-25-22(12-18)23(3,4)5;7-6-4-2-1-3-5-6;1-3-2;2*1-2/h6-14H,1-5H3;6-7H,1-5H2;3H2,1-2H3;1-2H3;1-2H2. The van der Waals surface area contributed by atoms with E-state index < -0.39 is 0 Å². The molecule has 0 saturated heterocycles. The normalized spacial score (nSPS) is 12.6. The second kappa shape index (κ2) is 19.9. The summed E-state index contributed by atoms with van der Waals surface area (Å²) in [5.74, 6) is 0.0815. The summed E-state index contributed by atoms with van der Waals surface area (Å²) in [5, 5.41) is 8.91. The van der Waals surface area contributed by atoms with Crippen LogP contribution in [0.2, 0.25) is 0 Å². The summed E-state index contributed by atoms with van der Waals surface area (Å²) in [6, 6.07) is 12.1. The van der Waals surface area contributed by atoms with Crippen LogP contribution in [-0.2, 0) is 5.41 Å². The molecule has 3 aromatic rings. The highest BCUT2D eigenvalue weighted by Crippen LogP contribution is 2.30. The molecule has 4 nitrogen and oxygen atoms in total. The molecule has 0 spiro atoms. The number of aliphatic hydroxyl groups excluding tert-OH is 1. The number of benzene rings is 1. The molecule has 2 heterocycles. The number of carbonyl (C=O) groups excluding carboxylic acids is 1. The van der Waals surface area contributed by atoms with E-state index in [1.165, 1.54) is 25.7 Å². The molecule has 0 unspecified atom stereocenters. The Morgan fingerprint density at radius 3 is 1.98 bits per heavy atom. The largest absolute Gasteiger partial charge is 0.393 e. The van der Waals surface area contributed by atoms with Gasteiger partial charge in [-0.3, -0.25) is 14.8 Å². The molecule has 1 fully saturated rings. The van der Waals surface area contributed by atoms with Gasteiger partial charge < -0.3 is 5.11 Å². The Kier molecular flexibility index (Phi) is 18.3. The lowest BCUT2D eigenvalue weighted by Crippen LogP contribution is -2.13. The predicted molar refractivity (Wildman–Crippen MR) is 174 cm³/mol. The molecule has 1 N–H and O–H groups in total. The molecular formula is C36H54N2O2. The number of carbonyl (C=O) groups is 1. The number of aliphatic hydroxyl groups is 1. The van der Waals surface area contributed by atoms with Gasteiger partial charge in [0, 0.05) is 46.4 Å². The maximum Gasteiger partial charge on any atom is 0.159 e. The molecule has 0 amide bonds. The number of ketones is 1. The van der Waals surface area contributed by atoms with E-state index in [9.17, 15) is 4.79 Å². The number of hydrogen-bond acceptors (Lipinski definition) is 4. The average Bonchev–Trinajstić information content (AvgIpc) is 2.96. The minimum absolute atomic E-state index is 0.000157. The fraction of sp³-hybridized carbons (Fsp3) is 0.472. The third kappa shape index (κ3) is 12.8. The SMILES string of the molecule is C=C.CC.CC(=O)c1ccc(-c2cncc(-c3ccnc(C(C)(C)C)c3)c2)c(C)c1.CCC.OC1CCCCC1. The summed E-state index contributed by atoms with van der Waals surface area (Å²) in [5.41, 5.74) is 7.17. The lowest BCUT2D eigenvalue weighted by molar-refractivity contribution is 0.101. The van der Waals surface area contributed by atoms with Crippen molar-refractivity contribution in [1.29, 1.82) is 0 Å². The number of aromatic nitrogens is 2. The van der Waals surface area contributed by atoms with Crippen molar-refractivity contribution in [3.8, 4) is 22.3 Å². The van der Waals surface area contributed by atoms with Gasteiger partial charge >= 0.3 is 0 Å². The zero-order valence-corrected chi connectivity index (χ0v) is 26.7. The van der Waals surface area contributed by atoms with Crippen LogP contribution >= 0.6 is 0 Å². The van der Waals surface area contributed by atoms with Gasteiger partial charge in [0.2, 0.25) is 0 Å². The van der Waals surface area contributed by atoms with E-state index in [2.05, 4.69) is 69.9 Å². The first-order chi connectivity index (χ1) is 19.1. The van der Waals surface area contributed by atoms with Crippen molar-refractivity contribution in [1.82, 2.24) is 9.97 Å². The molecule has 220 valence electrons. The molecule has 4 heteroatoms. The Bertz CT molecular complexity index is 1130. The average molecular weight is 547 g/mol. The highest BCUT2D eigenvalue weighted by atomic mass is 16.3.